The standard InChI is InChI=1S/C19H23ClN4O2/c20-16-5-3-14(4-6-16)18-21-17(26-22-18)13-23-11-7-15(8-12-23)19(25)24-9-1-2-10-24/h3-6,15H,1-2,7-13H2. The van der Waals surface area contributed by atoms with E-state index in [1.165, 1.54) is 0 Å². The van der Waals surface area contributed by atoms with Crippen molar-refractivity contribution in [2.24, 2.45) is 5.92 Å². The second kappa shape index (κ2) is 7.76. The van der Waals surface area contributed by atoms with E-state index >= 15 is 0 Å². The molecule has 2 fully saturated rings. The van der Waals surface area contributed by atoms with Crippen molar-refractivity contribution in [3.8, 4) is 11.4 Å². The zero-order chi connectivity index (χ0) is 17.9. The molecule has 0 spiro atoms. The Labute approximate surface area is 158 Å². The molecule has 4 rings (SSSR count). The maximum atomic E-state index is 12.5. The van der Waals surface area contributed by atoms with Crippen molar-refractivity contribution in [2.45, 2.75) is 32.2 Å². The number of likely N-dealkylation sites (tertiary alicyclic amines) is 2. The fourth-order valence-electron chi connectivity index (χ4n) is 3.76. The summed E-state index contributed by atoms with van der Waals surface area (Å²) in [5.74, 6) is 1.72. The highest BCUT2D eigenvalue weighted by molar-refractivity contribution is 6.30. The first-order valence-electron chi connectivity index (χ1n) is 9.29. The Morgan fingerprint density at radius 2 is 1.81 bits per heavy atom. The van der Waals surface area contributed by atoms with Gasteiger partial charge < -0.3 is 9.42 Å². The van der Waals surface area contributed by atoms with Crippen LogP contribution in [-0.4, -0.2) is 52.0 Å². The van der Waals surface area contributed by atoms with Crippen LogP contribution in [0.5, 0.6) is 0 Å². The third kappa shape index (κ3) is 3.91. The van der Waals surface area contributed by atoms with E-state index in [2.05, 4.69) is 15.0 Å². The van der Waals surface area contributed by atoms with Crippen LogP contribution in [0.15, 0.2) is 28.8 Å². The summed E-state index contributed by atoms with van der Waals surface area (Å²) in [7, 11) is 0. The van der Waals surface area contributed by atoms with Crippen molar-refractivity contribution in [3.63, 3.8) is 0 Å². The lowest BCUT2D eigenvalue weighted by atomic mass is 9.95. The number of carbonyl (C=O) groups is 1. The molecule has 0 aliphatic carbocycles. The minimum Gasteiger partial charge on any atom is -0.342 e. The highest BCUT2D eigenvalue weighted by Crippen LogP contribution is 2.24. The van der Waals surface area contributed by atoms with Gasteiger partial charge in [0.2, 0.25) is 17.6 Å². The van der Waals surface area contributed by atoms with Crippen LogP contribution in [0.1, 0.15) is 31.6 Å². The van der Waals surface area contributed by atoms with Gasteiger partial charge in [-0.05, 0) is 63.0 Å². The molecule has 7 heteroatoms. The lowest BCUT2D eigenvalue weighted by Crippen LogP contribution is -2.41. The Kier molecular flexibility index (Phi) is 5.22. The quantitative estimate of drug-likeness (QED) is 0.822. The predicted octanol–water partition coefficient (Wildman–Crippen LogP) is 3.22. The summed E-state index contributed by atoms with van der Waals surface area (Å²) in [5.41, 5.74) is 0.888. The molecule has 3 heterocycles. The molecule has 0 saturated carbocycles. The molecule has 138 valence electrons. The van der Waals surface area contributed by atoms with E-state index in [9.17, 15) is 4.79 Å². The number of nitrogens with zero attached hydrogens (tertiary/aromatic N) is 4. The third-order valence-electron chi connectivity index (χ3n) is 5.28. The SMILES string of the molecule is O=C(C1CCN(Cc2nc(-c3ccc(Cl)cc3)no2)CC1)N1CCCC1. The van der Waals surface area contributed by atoms with Crippen molar-refractivity contribution >= 4 is 17.5 Å². The van der Waals surface area contributed by atoms with Gasteiger partial charge in [0, 0.05) is 29.6 Å². The zero-order valence-electron chi connectivity index (χ0n) is 14.7. The molecule has 6 nitrogen and oxygen atoms in total. The highest BCUT2D eigenvalue weighted by Gasteiger charge is 2.30. The normalized spacial score (nSPS) is 19.2. The molecule has 2 aromatic rings. The number of carbonyl (C=O) groups excluding carboxylic acids is 1. The number of piperidine rings is 1. The maximum Gasteiger partial charge on any atom is 0.241 e. The lowest BCUT2D eigenvalue weighted by Gasteiger charge is -2.32. The van der Waals surface area contributed by atoms with Gasteiger partial charge in [0.05, 0.1) is 6.54 Å². The number of benzene rings is 1. The fraction of sp³-hybridized carbons (Fsp3) is 0.526. The number of rotatable bonds is 4. The topological polar surface area (TPSA) is 62.5 Å². The van der Waals surface area contributed by atoms with E-state index in [1.54, 1.807) is 0 Å². The first-order chi connectivity index (χ1) is 12.7. The van der Waals surface area contributed by atoms with Crippen LogP contribution in [0.2, 0.25) is 5.02 Å². The lowest BCUT2D eigenvalue weighted by molar-refractivity contribution is -0.136. The van der Waals surface area contributed by atoms with Gasteiger partial charge in [-0.3, -0.25) is 9.69 Å². The van der Waals surface area contributed by atoms with Gasteiger partial charge in [0.15, 0.2) is 0 Å². The Morgan fingerprint density at radius 3 is 2.50 bits per heavy atom. The van der Waals surface area contributed by atoms with E-state index in [1.807, 2.05) is 29.2 Å². The average molecular weight is 375 g/mol. The average Bonchev–Trinajstić information content (AvgIpc) is 3.35. The van der Waals surface area contributed by atoms with E-state index < -0.39 is 0 Å². The smallest absolute Gasteiger partial charge is 0.241 e. The second-order valence-electron chi connectivity index (χ2n) is 7.10. The van der Waals surface area contributed by atoms with Crippen molar-refractivity contribution in [3.05, 3.63) is 35.2 Å². The van der Waals surface area contributed by atoms with Crippen LogP contribution in [0.25, 0.3) is 11.4 Å². The van der Waals surface area contributed by atoms with Crippen molar-refractivity contribution in [2.75, 3.05) is 26.2 Å². The van der Waals surface area contributed by atoms with Gasteiger partial charge in [-0.1, -0.05) is 16.8 Å². The fourth-order valence-corrected chi connectivity index (χ4v) is 3.89. The van der Waals surface area contributed by atoms with Crippen LogP contribution < -0.4 is 0 Å². The summed E-state index contributed by atoms with van der Waals surface area (Å²) in [5, 5.41) is 4.74. The molecule has 0 bridgehead atoms. The van der Waals surface area contributed by atoms with Crippen molar-refractivity contribution < 1.29 is 9.32 Å². The van der Waals surface area contributed by atoms with Gasteiger partial charge in [0.25, 0.3) is 0 Å². The molecule has 1 amide bonds. The Balaban J connectivity index is 1.30. The summed E-state index contributed by atoms with van der Waals surface area (Å²) in [6, 6.07) is 7.39. The molecule has 2 aliphatic rings. The second-order valence-corrected chi connectivity index (χ2v) is 7.54. The van der Waals surface area contributed by atoms with Gasteiger partial charge in [0.1, 0.15) is 0 Å². The molecule has 26 heavy (non-hydrogen) atoms. The van der Waals surface area contributed by atoms with E-state index in [-0.39, 0.29) is 5.92 Å². The van der Waals surface area contributed by atoms with Gasteiger partial charge in [-0.2, -0.15) is 4.98 Å². The molecule has 0 atom stereocenters. The van der Waals surface area contributed by atoms with E-state index in [0.29, 0.717) is 29.2 Å². The maximum absolute atomic E-state index is 12.5. The molecule has 1 aromatic carbocycles. The monoisotopic (exact) mass is 374 g/mol. The van der Waals surface area contributed by atoms with Gasteiger partial charge in [-0.15, -0.1) is 0 Å². The minimum atomic E-state index is 0.177. The number of amides is 1. The van der Waals surface area contributed by atoms with Crippen LogP contribution in [0, 0.1) is 5.92 Å². The molecule has 0 radical (unpaired) electrons. The number of halogens is 1. The number of hydrogen-bond acceptors (Lipinski definition) is 5. The van der Waals surface area contributed by atoms with E-state index in [0.717, 1.165) is 57.4 Å². The Morgan fingerprint density at radius 1 is 1.12 bits per heavy atom. The van der Waals surface area contributed by atoms with Crippen molar-refractivity contribution in [1.82, 2.24) is 19.9 Å². The zero-order valence-corrected chi connectivity index (χ0v) is 15.5. The number of aromatic nitrogens is 2. The van der Waals surface area contributed by atoms with Crippen LogP contribution >= 0.6 is 11.6 Å². The molecular formula is C19H23ClN4O2. The minimum absolute atomic E-state index is 0.177. The summed E-state index contributed by atoms with van der Waals surface area (Å²) in [4.78, 5) is 21.3. The predicted molar refractivity (Wildman–Crippen MR) is 98.6 cm³/mol. The molecule has 1 aromatic heterocycles. The highest BCUT2D eigenvalue weighted by atomic mass is 35.5. The summed E-state index contributed by atoms with van der Waals surface area (Å²) in [6.45, 7) is 4.29. The van der Waals surface area contributed by atoms with Gasteiger partial charge in [-0.25, -0.2) is 0 Å². The first-order valence-corrected chi connectivity index (χ1v) is 9.66. The third-order valence-corrected chi connectivity index (χ3v) is 5.54. The molecular weight excluding hydrogens is 352 g/mol. The summed E-state index contributed by atoms with van der Waals surface area (Å²) < 4.78 is 5.40. The first kappa shape index (κ1) is 17.5. The van der Waals surface area contributed by atoms with E-state index in [4.69, 9.17) is 16.1 Å². The molecule has 0 N–H and O–H groups in total. The van der Waals surface area contributed by atoms with Crippen LogP contribution in [-0.2, 0) is 11.3 Å². The molecule has 0 unspecified atom stereocenters. The van der Waals surface area contributed by atoms with Gasteiger partial charge >= 0.3 is 0 Å². The number of hydrogen-bond donors (Lipinski definition) is 0. The Hall–Kier alpha value is -1.92. The van der Waals surface area contributed by atoms with Crippen LogP contribution in [0.4, 0.5) is 0 Å². The van der Waals surface area contributed by atoms with Crippen LogP contribution in [0.3, 0.4) is 0 Å². The molecule has 2 aliphatic heterocycles. The summed E-state index contributed by atoms with van der Waals surface area (Å²) >= 11 is 5.91. The molecule has 2 saturated heterocycles. The summed E-state index contributed by atoms with van der Waals surface area (Å²) in [6.07, 6.45) is 4.12. The Bertz CT molecular complexity index is 747. The largest absolute Gasteiger partial charge is 0.342 e. The van der Waals surface area contributed by atoms with Crippen molar-refractivity contribution in [1.29, 1.82) is 0 Å².